The number of hydrogen-bond acceptors (Lipinski definition) is 5. The third kappa shape index (κ3) is 8.26. The Morgan fingerprint density at radius 3 is 2.65 bits per heavy atom. The number of ether oxygens (including phenoxy) is 1. The summed E-state index contributed by atoms with van der Waals surface area (Å²) in [7, 11) is 1.49. The van der Waals surface area contributed by atoms with E-state index in [2.05, 4.69) is 10.6 Å². The number of benzene rings is 1. The molecule has 2 rings (SSSR count). The fourth-order valence-corrected chi connectivity index (χ4v) is 3.85. The van der Waals surface area contributed by atoms with E-state index in [1.165, 1.54) is 12.0 Å². The Kier molecular flexibility index (Phi) is 9.87. The summed E-state index contributed by atoms with van der Waals surface area (Å²) in [5.74, 6) is -0.0914. The quantitative estimate of drug-likeness (QED) is 0.320. The van der Waals surface area contributed by atoms with Crippen molar-refractivity contribution in [2.45, 2.75) is 39.0 Å². The number of hydroxylamine groups is 1. The van der Waals surface area contributed by atoms with Crippen LogP contribution in [0.1, 0.15) is 39.0 Å². The highest BCUT2D eigenvalue weighted by Crippen LogP contribution is 2.28. The van der Waals surface area contributed by atoms with Gasteiger partial charge in [0.25, 0.3) is 5.91 Å². The van der Waals surface area contributed by atoms with Gasteiger partial charge in [-0.2, -0.15) is 0 Å². The van der Waals surface area contributed by atoms with Crippen molar-refractivity contribution < 1.29 is 24.3 Å². The zero-order valence-corrected chi connectivity index (χ0v) is 18.7. The van der Waals surface area contributed by atoms with Crippen LogP contribution in [0.3, 0.4) is 0 Å². The summed E-state index contributed by atoms with van der Waals surface area (Å²) >= 11 is 5.97. The molecule has 1 aromatic rings. The van der Waals surface area contributed by atoms with Crippen molar-refractivity contribution in [3.63, 3.8) is 0 Å². The number of amides is 4. The highest BCUT2D eigenvalue weighted by molar-refractivity contribution is 6.31. The lowest BCUT2D eigenvalue weighted by Gasteiger charge is -2.26. The van der Waals surface area contributed by atoms with Gasteiger partial charge < -0.3 is 20.3 Å². The third-order valence-corrected chi connectivity index (χ3v) is 5.54. The second-order valence-electron chi connectivity index (χ2n) is 7.95. The molecular formula is C21H31ClN4O5. The van der Waals surface area contributed by atoms with Gasteiger partial charge in [-0.05, 0) is 42.9 Å². The second kappa shape index (κ2) is 12.4. The predicted octanol–water partition coefficient (Wildman–Crippen LogP) is 3.02. The summed E-state index contributed by atoms with van der Waals surface area (Å²) in [6.07, 6.45) is 4.51. The molecule has 4 N–H and O–H groups in total. The first-order chi connectivity index (χ1) is 14.8. The highest BCUT2D eigenvalue weighted by atomic mass is 35.5. The van der Waals surface area contributed by atoms with Crippen LogP contribution in [0.4, 0.5) is 10.5 Å². The van der Waals surface area contributed by atoms with Gasteiger partial charge in [0.2, 0.25) is 5.91 Å². The van der Waals surface area contributed by atoms with E-state index in [9.17, 15) is 14.4 Å². The Balaban J connectivity index is 1.85. The second-order valence-corrected chi connectivity index (χ2v) is 8.39. The van der Waals surface area contributed by atoms with Crippen molar-refractivity contribution in [2.24, 2.45) is 11.8 Å². The number of methoxy groups -OCH3 is 1. The number of hydrogen-bond donors (Lipinski definition) is 4. The van der Waals surface area contributed by atoms with Crippen molar-refractivity contribution in [3.05, 3.63) is 23.2 Å². The SMILES string of the molecule is COc1ccc(Cl)cc1NC(=O)NC[C@@H](C)CC(=O)N(CC(=O)NO)CC1CCCC1. The van der Waals surface area contributed by atoms with E-state index >= 15 is 0 Å². The molecule has 1 aliphatic rings. The molecule has 10 heteroatoms. The van der Waals surface area contributed by atoms with Crippen LogP contribution in [0, 0.1) is 11.8 Å². The predicted molar refractivity (Wildman–Crippen MR) is 117 cm³/mol. The van der Waals surface area contributed by atoms with Gasteiger partial charge in [-0.25, -0.2) is 10.3 Å². The van der Waals surface area contributed by atoms with E-state index in [1.54, 1.807) is 23.7 Å². The van der Waals surface area contributed by atoms with Crippen LogP contribution >= 0.6 is 11.6 Å². The Morgan fingerprint density at radius 2 is 2.00 bits per heavy atom. The number of nitrogens with zero attached hydrogens (tertiary/aromatic N) is 1. The average molecular weight is 455 g/mol. The molecular weight excluding hydrogens is 424 g/mol. The van der Waals surface area contributed by atoms with Gasteiger partial charge in [-0.1, -0.05) is 31.4 Å². The van der Waals surface area contributed by atoms with Crippen molar-refractivity contribution in [2.75, 3.05) is 32.1 Å². The van der Waals surface area contributed by atoms with Gasteiger partial charge in [0.1, 0.15) is 12.3 Å². The summed E-state index contributed by atoms with van der Waals surface area (Å²) < 4.78 is 5.20. The standard InChI is InChI=1S/C21H31ClN4O5/c1-14(11-23-21(29)24-17-10-16(22)7-8-18(17)31-2)9-20(28)26(13-19(27)25-30)12-15-5-3-4-6-15/h7-8,10,14-15,30H,3-6,9,11-13H2,1-2H3,(H,25,27)(H2,23,24,29)/t14-/m0/s1. The average Bonchev–Trinajstić information content (AvgIpc) is 3.25. The maximum atomic E-state index is 12.8. The van der Waals surface area contributed by atoms with Gasteiger partial charge in [-0.3, -0.25) is 14.8 Å². The molecule has 0 spiro atoms. The van der Waals surface area contributed by atoms with Crippen molar-refractivity contribution in [1.29, 1.82) is 0 Å². The molecule has 31 heavy (non-hydrogen) atoms. The molecule has 0 aromatic heterocycles. The monoisotopic (exact) mass is 454 g/mol. The zero-order valence-electron chi connectivity index (χ0n) is 17.9. The molecule has 9 nitrogen and oxygen atoms in total. The lowest BCUT2D eigenvalue weighted by molar-refractivity contribution is -0.140. The third-order valence-electron chi connectivity index (χ3n) is 5.31. The van der Waals surface area contributed by atoms with E-state index in [0.717, 1.165) is 25.7 Å². The Bertz CT molecular complexity index is 770. The summed E-state index contributed by atoms with van der Waals surface area (Å²) in [6, 6.07) is 4.45. The summed E-state index contributed by atoms with van der Waals surface area (Å²) in [5.41, 5.74) is 2.03. The van der Waals surface area contributed by atoms with Gasteiger partial charge >= 0.3 is 6.03 Å². The minimum absolute atomic E-state index is 0.150. The molecule has 4 amide bonds. The largest absolute Gasteiger partial charge is 0.495 e. The number of carbonyl (C=O) groups excluding carboxylic acids is 3. The molecule has 1 aliphatic carbocycles. The Hall–Kier alpha value is -2.52. The smallest absolute Gasteiger partial charge is 0.319 e. The Morgan fingerprint density at radius 1 is 1.29 bits per heavy atom. The molecule has 1 aromatic carbocycles. The molecule has 0 radical (unpaired) electrons. The lowest BCUT2D eigenvalue weighted by atomic mass is 10.0. The van der Waals surface area contributed by atoms with Crippen LogP contribution in [0.15, 0.2) is 18.2 Å². The maximum Gasteiger partial charge on any atom is 0.319 e. The number of nitrogens with one attached hydrogen (secondary N) is 3. The minimum Gasteiger partial charge on any atom is -0.495 e. The van der Waals surface area contributed by atoms with Gasteiger partial charge in [0.05, 0.1) is 12.8 Å². The van der Waals surface area contributed by atoms with Gasteiger partial charge in [0, 0.05) is 24.5 Å². The van der Waals surface area contributed by atoms with Gasteiger partial charge in [-0.15, -0.1) is 0 Å². The van der Waals surface area contributed by atoms with E-state index < -0.39 is 11.9 Å². The lowest BCUT2D eigenvalue weighted by Crippen LogP contribution is -2.43. The fourth-order valence-electron chi connectivity index (χ4n) is 3.68. The first-order valence-corrected chi connectivity index (χ1v) is 10.8. The highest BCUT2D eigenvalue weighted by Gasteiger charge is 2.25. The van der Waals surface area contributed by atoms with Crippen molar-refractivity contribution in [1.82, 2.24) is 15.7 Å². The van der Waals surface area contributed by atoms with Crippen LogP contribution < -0.4 is 20.9 Å². The van der Waals surface area contributed by atoms with E-state index in [-0.39, 0.29) is 31.3 Å². The molecule has 172 valence electrons. The number of halogens is 1. The number of carbonyl (C=O) groups is 3. The molecule has 0 bridgehead atoms. The first-order valence-electron chi connectivity index (χ1n) is 10.4. The fraction of sp³-hybridized carbons (Fsp3) is 0.571. The van der Waals surface area contributed by atoms with Crippen molar-refractivity contribution >= 4 is 35.1 Å². The van der Waals surface area contributed by atoms with Crippen molar-refractivity contribution in [3.8, 4) is 5.75 Å². The summed E-state index contributed by atoms with van der Waals surface area (Å²) in [4.78, 5) is 38.1. The number of rotatable bonds is 10. The van der Waals surface area contributed by atoms with E-state index in [1.807, 2.05) is 6.92 Å². The zero-order chi connectivity index (χ0) is 22.8. The van der Waals surface area contributed by atoms with Crippen LogP contribution in [0.2, 0.25) is 5.02 Å². The van der Waals surface area contributed by atoms with Gasteiger partial charge in [0.15, 0.2) is 0 Å². The topological polar surface area (TPSA) is 120 Å². The molecule has 1 fully saturated rings. The maximum absolute atomic E-state index is 12.8. The van der Waals surface area contributed by atoms with Crippen LogP contribution in [0.5, 0.6) is 5.75 Å². The number of urea groups is 1. The summed E-state index contributed by atoms with van der Waals surface area (Å²) in [5, 5.41) is 14.7. The molecule has 1 saturated carbocycles. The minimum atomic E-state index is -0.619. The summed E-state index contributed by atoms with van der Waals surface area (Å²) in [6.45, 7) is 2.43. The van der Waals surface area contributed by atoms with Crippen LogP contribution in [0.25, 0.3) is 0 Å². The number of anilines is 1. The van der Waals surface area contributed by atoms with Crippen LogP contribution in [-0.4, -0.2) is 54.7 Å². The van der Waals surface area contributed by atoms with E-state index in [4.69, 9.17) is 21.5 Å². The molecule has 0 saturated heterocycles. The molecule has 1 atom stereocenters. The first kappa shape index (κ1) is 24.7. The molecule has 0 aliphatic heterocycles. The normalized spacial score (nSPS) is 14.6. The molecule has 0 unspecified atom stereocenters. The Labute approximate surface area is 187 Å². The molecule has 0 heterocycles. The van der Waals surface area contributed by atoms with Crippen LogP contribution in [-0.2, 0) is 9.59 Å². The van der Waals surface area contributed by atoms with E-state index in [0.29, 0.717) is 28.9 Å².